The summed E-state index contributed by atoms with van der Waals surface area (Å²) < 4.78 is 13.8. The molecule has 0 saturated carbocycles. The second-order valence-electron chi connectivity index (χ2n) is 9.66. The first-order chi connectivity index (χ1) is 17.4. The molecule has 36 heavy (non-hydrogen) atoms. The number of likely N-dealkylation sites (tertiary alicyclic amines) is 1. The molecule has 0 spiro atoms. The number of aromatic nitrogens is 3. The predicted molar refractivity (Wildman–Crippen MR) is 139 cm³/mol. The van der Waals surface area contributed by atoms with Gasteiger partial charge in [0.2, 0.25) is 5.91 Å². The lowest BCUT2D eigenvalue weighted by atomic mass is 9.97. The fraction of sp³-hybridized carbons (Fsp3) is 0.407. The number of carbonyl (C=O) groups is 1. The molecule has 0 radical (unpaired) electrons. The Labute approximate surface area is 211 Å². The Hall–Kier alpha value is -3.59. The molecule has 0 aliphatic carbocycles. The quantitative estimate of drug-likeness (QED) is 0.582. The van der Waals surface area contributed by atoms with Gasteiger partial charge in [-0.05, 0) is 44.2 Å². The van der Waals surface area contributed by atoms with Crippen molar-refractivity contribution < 1.29 is 9.18 Å². The molecule has 1 unspecified atom stereocenters. The number of halogens is 1. The standard InChI is InChI=1S/C27H32FN7O/c1-19(36)35-8-4-5-20(18-35)27-31-25(15-26(32-27)30-23-7-3-6-22(28)14-23)21-13-24(17-29-16-21)34-11-9-33(2)10-12-34/h3,6-7,13-17,20H,4-5,8-12,18H2,1-2H3,(H,30,31,32). The number of anilines is 3. The van der Waals surface area contributed by atoms with Crippen LogP contribution in [-0.2, 0) is 4.79 Å². The van der Waals surface area contributed by atoms with Crippen molar-refractivity contribution in [3.8, 4) is 11.3 Å². The van der Waals surface area contributed by atoms with Crippen LogP contribution in [0.1, 0.15) is 31.5 Å². The van der Waals surface area contributed by atoms with Gasteiger partial charge in [0.05, 0.1) is 17.6 Å². The molecule has 4 heterocycles. The van der Waals surface area contributed by atoms with Crippen molar-refractivity contribution in [1.82, 2.24) is 24.8 Å². The smallest absolute Gasteiger partial charge is 0.219 e. The molecule has 2 aliphatic heterocycles. The Morgan fingerprint density at radius 3 is 2.67 bits per heavy atom. The minimum atomic E-state index is -0.317. The monoisotopic (exact) mass is 489 g/mol. The molecule has 1 atom stereocenters. The second-order valence-corrected chi connectivity index (χ2v) is 9.66. The number of rotatable bonds is 5. The number of amides is 1. The molecule has 2 aliphatic rings. The third kappa shape index (κ3) is 5.62. The van der Waals surface area contributed by atoms with Crippen molar-refractivity contribution in [2.45, 2.75) is 25.7 Å². The minimum Gasteiger partial charge on any atom is -0.368 e. The summed E-state index contributed by atoms with van der Waals surface area (Å²) in [7, 11) is 2.14. The Morgan fingerprint density at radius 2 is 1.89 bits per heavy atom. The van der Waals surface area contributed by atoms with Crippen LogP contribution in [0.3, 0.4) is 0 Å². The number of carbonyl (C=O) groups excluding carboxylic acids is 1. The molecule has 5 rings (SSSR count). The molecule has 2 saturated heterocycles. The van der Waals surface area contributed by atoms with Crippen molar-refractivity contribution in [2.24, 2.45) is 0 Å². The molecule has 2 aromatic heterocycles. The number of piperazine rings is 1. The van der Waals surface area contributed by atoms with E-state index in [4.69, 9.17) is 9.97 Å². The Bertz CT molecular complexity index is 1230. The zero-order chi connectivity index (χ0) is 25.1. The van der Waals surface area contributed by atoms with Gasteiger partial charge in [0, 0.05) is 75.6 Å². The van der Waals surface area contributed by atoms with Gasteiger partial charge in [-0.15, -0.1) is 0 Å². The van der Waals surface area contributed by atoms with E-state index < -0.39 is 0 Å². The summed E-state index contributed by atoms with van der Waals surface area (Å²) in [4.78, 5) is 32.8. The first-order valence-electron chi connectivity index (χ1n) is 12.5. The van der Waals surface area contributed by atoms with Crippen LogP contribution in [0.2, 0.25) is 0 Å². The zero-order valence-corrected chi connectivity index (χ0v) is 20.8. The third-order valence-corrected chi connectivity index (χ3v) is 6.96. The van der Waals surface area contributed by atoms with Crippen molar-refractivity contribution in [3.63, 3.8) is 0 Å². The fourth-order valence-corrected chi connectivity index (χ4v) is 4.85. The van der Waals surface area contributed by atoms with Crippen LogP contribution in [0.25, 0.3) is 11.3 Å². The summed E-state index contributed by atoms with van der Waals surface area (Å²) >= 11 is 0. The van der Waals surface area contributed by atoms with Crippen LogP contribution < -0.4 is 10.2 Å². The van der Waals surface area contributed by atoms with Crippen LogP contribution in [0.5, 0.6) is 0 Å². The van der Waals surface area contributed by atoms with E-state index in [2.05, 4.69) is 33.2 Å². The van der Waals surface area contributed by atoms with Gasteiger partial charge < -0.3 is 20.0 Å². The van der Waals surface area contributed by atoms with Gasteiger partial charge >= 0.3 is 0 Å². The lowest BCUT2D eigenvalue weighted by Crippen LogP contribution is -2.44. The highest BCUT2D eigenvalue weighted by Gasteiger charge is 2.26. The third-order valence-electron chi connectivity index (χ3n) is 6.96. The van der Waals surface area contributed by atoms with E-state index >= 15 is 0 Å². The van der Waals surface area contributed by atoms with Gasteiger partial charge in [0.1, 0.15) is 17.5 Å². The number of piperidine rings is 1. The van der Waals surface area contributed by atoms with E-state index in [0.717, 1.165) is 62.5 Å². The number of hydrogen-bond acceptors (Lipinski definition) is 7. The van der Waals surface area contributed by atoms with Gasteiger partial charge in [-0.2, -0.15) is 0 Å². The second kappa shape index (κ2) is 10.6. The van der Waals surface area contributed by atoms with Gasteiger partial charge in [-0.1, -0.05) is 6.07 Å². The van der Waals surface area contributed by atoms with Gasteiger partial charge in [-0.3, -0.25) is 9.78 Å². The lowest BCUT2D eigenvalue weighted by Gasteiger charge is -2.34. The average Bonchev–Trinajstić information content (AvgIpc) is 2.89. The molecule has 188 valence electrons. The summed E-state index contributed by atoms with van der Waals surface area (Å²) in [5, 5.41) is 3.24. The molecule has 1 N–H and O–H groups in total. The molecule has 1 aromatic carbocycles. The summed E-state index contributed by atoms with van der Waals surface area (Å²) in [5.41, 5.74) is 3.34. The topological polar surface area (TPSA) is 77.5 Å². The van der Waals surface area contributed by atoms with E-state index in [1.165, 1.54) is 12.1 Å². The molecule has 9 heteroatoms. The minimum absolute atomic E-state index is 0.0319. The predicted octanol–water partition coefficient (Wildman–Crippen LogP) is 3.90. The molecular formula is C27H32FN7O. The SMILES string of the molecule is CC(=O)N1CCCC(c2nc(Nc3cccc(F)c3)cc(-c3cncc(N4CCN(C)CC4)c3)n2)C1. The maximum absolute atomic E-state index is 13.8. The molecule has 2 fully saturated rings. The van der Waals surface area contributed by atoms with Gasteiger partial charge in [-0.25, -0.2) is 14.4 Å². The van der Waals surface area contributed by atoms with Gasteiger partial charge in [0.15, 0.2) is 0 Å². The van der Waals surface area contributed by atoms with Crippen LogP contribution in [0.4, 0.5) is 21.6 Å². The Kier molecular flexibility index (Phi) is 7.09. The van der Waals surface area contributed by atoms with E-state index in [9.17, 15) is 9.18 Å². The molecule has 0 bridgehead atoms. The Balaban J connectivity index is 1.49. The number of nitrogens with one attached hydrogen (secondary N) is 1. The molecule has 1 amide bonds. The first-order valence-corrected chi connectivity index (χ1v) is 12.5. The highest BCUT2D eigenvalue weighted by molar-refractivity contribution is 5.73. The average molecular weight is 490 g/mol. The van der Waals surface area contributed by atoms with Crippen LogP contribution in [0.15, 0.2) is 48.8 Å². The largest absolute Gasteiger partial charge is 0.368 e. The van der Waals surface area contributed by atoms with E-state index in [0.29, 0.717) is 23.9 Å². The molecular weight excluding hydrogens is 457 g/mol. The van der Waals surface area contributed by atoms with Crippen molar-refractivity contribution in [1.29, 1.82) is 0 Å². The van der Waals surface area contributed by atoms with Crippen molar-refractivity contribution >= 4 is 23.1 Å². The van der Waals surface area contributed by atoms with Crippen LogP contribution in [-0.4, -0.2) is 77.0 Å². The van der Waals surface area contributed by atoms with E-state index in [1.54, 1.807) is 19.1 Å². The van der Waals surface area contributed by atoms with Crippen LogP contribution >= 0.6 is 0 Å². The summed E-state index contributed by atoms with van der Waals surface area (Å²) in [6.07, 6.45) is 5.53. The maximum atomic E-state index is 13.8. The summed E-state index contributed by atoms with van der Waals surface area (Å²) in [5.74, 6) is 1.05. The molecule has 3 aromatic rings. The number of benzene rings is 1. The van der Waals surface area contributed by atoms with Gasteiger partial charge in [0.25, 0.3) is 0 Å². The fourth-order valence-electron chi connectivity index (χ4n) is 4.85. The normalized spacial score (nSPS) is 18.8. The number of pyridine rings is 1. The highest BCUT2D eigenvalue weighted by atomic mass is 19.1. The summed E-state index contributed by atoms with van der Waals surface area (Å²) in [6.45, 7) is 6.88. The number of nitrogens with zero attached hydrogens (tertiary/aromatic N) is 6. The number of likely N-dealkylation sites (N-methyl/N-ethyl adjacent to an activating group) is 1. The van der Waals surface area contributed by atoms with E-state index in [-0.39, 0.29) is 17.6 Å². The van der Waals surface area contributed by atoms with Crippen molar-refractivity contribution in [2.75, 3.05) is 56.5 Å². The lowest BCUT2D eigenvalue weighted by molar-refractivity contribution is -0.130. The first kappa shape index (κ1) is 24.1. The highest BCUT2D eigenvalue weighted by Crippen LogP contribution is 2.30. The van der Waals surface area contributed by atoms with E-state index in [1.807, 2.05) is 23.4 Å². The Morgan fingerprint density at radius 1 is 1.06 bits per heavy atom. The molecule has 8 nitrogen and oxygen atoms in total. The van der Waals surface area contributed by atoms with Crippen LogP contribution in [0, 0.1) is 5.82 Å². The summed E-state index contributed by atoms with van der Waals surface area (Å²) in [6, 6.07) is 10.3. The zero-order valence-electron chi connectivity index (χ0n) is 20.8. The van der Waals surface area contributed by atoms with Crippen molar-refractivity contribution in [3.05, 3.63) is 60.4 Å². The number of hydrogen-bond donors (Lipinski definition) is 1. The maximum Gasteiger partial charge on any atom is 0.219 e.